The Bertz CT molecular complexity index is 597. The number of carbonyl (C=O) groups is 1. The average Bonchev–Trinajstić information content (AvgIpc) is 2.97. The Labute approximate surface area is 137 Å². The molecule has 2 fully saturated rings. The number of aliphatic hydroxyl groups excluding tert-OH is 2. The van der Waals surface area contributed by atoms with E-state index >= 15 is 0 Å². The minimum atomic E-state index is -0.630. The lowest BCUT2D eigenvalue weighted by Gasteiger charge is -2.31. The Morgan fingerprint density at radius 1 is 0.957 bits per heavy atom. The summed E-state index contributed by atoms with van der Waals surface area (Å²) < 4.78 is 0. The van der Waals surface area contributed by atoms with Gasteiger partial charge in [0.2, 0.25) is 0 Å². The number of amides is 1. The number of carbonyl (C=O) groups excluding carboxylic acids is 1. The number of aryl methyl sites for hydroxylation is 2. The molecule has 1 saturated heterocycles. The maximum Gasteiger partial charge on any atom is 0.253 e. The van der Waals surface area contributed by atoms with Gasteiger partial charge in [-0.25, -0.2) is 0 Å². The highest BCUT2D eigenvalue weighted by atomic mass is 16.3. The van der Waals surface area contributed by atoms with Crippen LogP contribution in [0.25, 0.3) is 0 Å². The first-order valence-corrected chi connectivity index (χ1v) is 8.89. The van der Waals surface area contributed by atoms with Crippen molar-refractivity contribution in [3.63, 3.8) is 0 Å². The number of hydrogen-bond acceptors (Lipinski definition) is 3. The molecule has 0 aromatic heterocycles. The zero-order chi connectivity index (χ0) is 16.0. The molecule has 4 atom stereocenters. The molecule has 1 saturated carbocycles. The van der Waals surface area contributed by atoms with E-state index in [1.54, 1.807) is 0 Å². The van der Waals surface area contributed by atoms with Gasteiger partial charge in [0.05, 0.1) is 12.2 Å². The summed E-state index contributed by atoms with van der Waals surface area (Å²) >= 11 is 0. The van der Waals surface area contributed by atoms with Gasteiger partial charge in [-0.2, -0.15) is 0 Å². The molecule has 2 aliphatic carbocycles. The minimum absolute atomic E-state index is 0.108. The van der Waals surface area contributed by atoms with E-state index in [1.807, 2.05) is 11.0 Å². The van der Waals surface area contributed by atoms with Gasteiger partial charge in [-0.15, -0.1) is 0 Å². The Morgan fingerprint density at radius 3 is 2.22 bits per heavy atom. The third-order valence-corrected chi connectivity index (χ3v) is 5.99. The van der Waals surface area contributed by atoms with Crippen molar-refractivity contribution in [3.05, 3.63) is 34.9 Å². The monoisotopic (exact) mass is 315 g/mol. The van der Waals surface area contributed by atoms with Crippen LogP contribution < -0.4 is 0 Å². The minimum Gasteiger partial charge on any atom is -0.390 e. The molecule has 0 radical (unpaired) electrons. The molecule has 0 bridgehead atoms. The third-order valence-electron chi connectivity index (χ3n) is 5.99. The SMILES string of the molecule is O=C(c1ccc2c(c1)CCCC2)N1CC2CC(O)C(O)CC2C1. The molecular formula is C19H25NO3. The molecule has 4 heteroatoms. The number of benzene rings is 1. The van der Waals surface area contributed by atoms with E-state index in [1.165, 1.54) is 24.0 Å². The van der Waals surface area contributed by atoms with Gasteiger partial charge in [-0.1, -0.05) is 6.07 Å². The standard InChI is InChI=1S/C19H25NO3/c21-17-8-15-10-20(11-16(15)9-18(17)22)19(23)14-6-5-12-3-1-2-4-13(12)7-14/h5-7,15-18,21-22H,1-4,8-11H2. The second-order valence-electron chi connectivity index (χ2n) is 7.53. The van der Waals surface area contributed by atoms with Crippen LogP contribution in [0.1, 0.15) is 47.2 Å². The Morgan fingerprint density at radius 2 is 1.57 bits per heavy atom. The fraction of sp³-hybridized carbons (Fsp3) is 0.632. The Kier molecular flexibility index (Phi) is 3.90. The summed E-state index contributed by atoms with van der Waals surface area (Å²) in [6.07, 6.45) is 4.65. The molecule has 2 N–H and O–H groups in total. The maximum atomic E-state index is 12.8. The smallest absolute Gasteiger partial charge is 0.253 e. The van der Waals surface area contributed by atoms with E-state index in [-0.39, 0.29) is 5.91 Å². The highest BCUT2D eigenvalue weighted by molar-refractivity contribution is 5.94. The van der Waals surface area contributed by atoms with Gasteiger partial charge in [0, 0.05) is 18.7 Å². The van der Waals surface area contributed by atoms with Crippen molar-refractivity contribution in [1.29, 1.82) is 0 Å². The normalized spacial score (nSPS) is 33.2. The van der Waals surface area contributed by atoms with Gasteiger partial charge in [0.15, 0.2) is 0 Å². The van der Waals surface area contributed by atoms with Gasteiger partial charge >= 0.3 is 0 Å². The van der Waals surface area contributed by atoms with Crippen LogP contribution in [0.15, 0.2) is 18.2 Å². The average molecular weight is 315 g/mol. The maximum absolute atomic E-state index is 12.8. The van der Waals surface area contributed by atoms with Crippen LogP contribution in [0.4, 0.5) is 0 Å². The second kappa shape index (κ2) is 5.91. The summed E-state index contributed by atoms with van der Waals surface area (Å²) in [5, 5.41) is 19.7. The van der Waals surface area contributed by atoms with E-state index < -0.39 is 12.2 Å². The zero-order valence-electron chi connectivity index (χ0n) is 13.4. The molecule has 23 heavy (non-hydrogen) atoms. The van der Waals surface area contributed by atoms with E-state index in [0.29, 0.717) is 37.8 Å². The van der Waals surface area contributed by atoms with E-state index in [0.717, 1.165) is 18.4 Å². The van der Waals surface area contributed by atoms with E-state index in [2.05, 4.69) is 12.1 Å². The first-order chi connectivity index (χ1) is 11.1. The molecule has 0 spiro atoms. The van der Waals surface area contributed by atoms with Crippen molar-refractivity contribution < 1.29 is 15.0 Å². The summed E-state index contributed by atoms with van der Waals surface area (Å²) in [5.74, 6) is 0.765. The van der Waals surface area contributed by atoms with Gasteiger partial charge in [0.1, 0.15) is 0 Å². The van der Waals surface area contributed by atoms with Crippen LogP contribution in [0, 0.1) is 11.8 Å². The van der Waals surface area contributed by atoms with Crippen molar-refractivity contribution in [2.45, 2.75) is 50.7 Å². The van der Waals surface area contributed by atoms with Crippen LogP contribution in [-0.2, 0) is 12.8 Å². The van der Waals surface area contributed by atoms with Crippen LogP contribution in [0.5, 0.6) is 0 Å². The lowest BCUT2D eigenvalue weighted by Crippen LogP contribution is -2.38. The summed E-state index contributed by atoms with van der Waals surface area (Å²) in [7, 11) is 0. The van der Waals surface area contributed by atoms with Crippen LogP contribution >= 0.6 is 0 Å². The topological polar surface area (TPSA) is 60.8 Å². The second-order valence-corrected chi connectivity index (χ2v) is 7.53. The first kappa shape index (κ1) is 15.2. The molecule has 1 aromatic carbocycles. The third kappa shape index (κ3) is 2.79. The number of aliphatic hydroxyl groups is 2. The van der Waals surface area contributed by atoms with Gasteiger partial charge < -0.3 is 15.1 Å². The molecular weight excluding hydrogens is 290 g/mol. The fourth-order valence-corrected chi connectivity index (χ4v) is 4.62. The molecule has 1 aromatic rings. The number of fused-ring (bicyclic) bond motifs is 2. The van der Waals surface area contributed by atoms with Crippen molar-refractivity contribution in [2.75, 3.05) is 13.1 Å². The van der Waals surface area contributed by atoms with Crippen molar-refractivity contribution in [1.82, 2.24) is 4.90 Å². The van der Waals surface area contributed by atoms with Crippen molar-refractivity contribution in [2.24, 2.45) is 11.8 Å². The van der Waals surface area contributed by atoms with Crippen LogP contribution in [0.3, 0.4) is 0 Å². The summed E-state index contributed by atoms with van der Waals surface area (Å²) in [5.41, 5.74) is 3.53. The molecule has 1 aliphatic heterocycles. The quantitative estimate of drug-likeness (QED) is 0.830. The van der Waals surface area contributed by atoms with Gasteiger partial charge in [0.25, 0.3) is 5.91 Å². The molecule has 1 amide bonds. The number of hydrogen-bond donors (Lipinski definition) is 2. The number of rotatable bonds is 1. The highest BCUT2D eigenvalue weighted by Gasteiger charge is 2.42. The van der Waals surface area contributed by atoms with Gasteiger partial charge in [-0.05, 0) is 73.6 Å². The summed E-state index contributed by atoms with van der Waals surface area (Å²) in [6.45, 7) is 1.43. The van der Waals surface area contributed by atoms with E-state index in [9.17, 15) is 15.0 Å². The summed E-state index contributed by atoms with van der Waals surface area (Å²) in [6, 6.07) is 6.18. The molecule has 4 rings (SSSR count). The Balaban J connectivity index is 1.50. The van der Waals surface area contributed by atoms with Gasteiger partial charge in [-0.3, -0.25) is 4.79 Å². The summed E-state index contributed by atoms with van der Waals surface area (Å²) in [4.78, 5) is 14.8. The fourth-order valence-electron chi connectivity index (χ4n) is 4.62. The molecule has 124 valence electrons. The predicted octanol–water partition coefficient (Wildman–Crippen LogP) is 1.77. The highest BCUT2D eigenvalue weighted by Crippen LogP contribution is 2.37. The lowest BCUT2D eigenvalue weighted by molar-refractivity contribution is -0.0372. The largest absolute Gasteiger partial charge is 0.390 e. The molecule has 1 heterocycles. The zero-order valence-corrected chi connectivity index (χ0v) is 13.4. The van der Waals surface area contributed by atoms with E-state index in [4.69, 9.17) is 0 Å². The van der Waals surface area contributed by atoms with Crippen molar-refractivity contribution >= 4 is 5.91 Å². The Hall–Kier alpha value is -1.39. The van der Waals surface area contributed by atoms with Crippen molar-refractivity contribution in [3.8, 4) is 0 Å². The number of likely N-dealkylation sites (tertiary alicyclic amines) is 1. The molecule has 3 aliphatic rings. The lowest BCUT2D eigenvalue weighted by atomic mass is 9.79. The molecule has 4 nitrogen and oxygen atoms in total. The number of nitrogens with zero attached hydrogens (tertiary/aromatic N) is 1. The van der Waals surface area contributed by atoms with Crippen LogP contribution in [-0.4, -0.2) is 46.3 Å². The first-order valence-electron chi connectivity index (χ1n) is 8.89. The van der Waals surface area contributed by atoms with Crippen LogP contribution in [0.2, 0.25) is 0 Å². The molecule has 4 unspecified atom stereocenters. The predicted molar refractivity (Wildman–Crippen MR) is 87.2 cm³/mol.